The third kappa shape index (κ3) is 7.43. The third-order valence-electron chi connectivity index (χ3n) is 3.68. The lowest BCUT2D eigenvalue weighted by molar-refractivity contribution is -0.126. The molecule has 3 N–H and O–H groups in total. The number of aliphatic hydroxyl groups excluding tert-OH is 1. The van der Waals surface area contributed by atoms with Gasteiger partial charge in [0.2, 0.25) is 11.8 Å². The van der Waals surface area contributed by atoms with Gasteiger partial charge < -0.3 is 25.2 Å². The Morgan fingerprint density at radius 2 is 1.84 bits per heavy atom. The number of methoxy groups -OCH3 is 2. The Hall–Kier alpha value is -2.28. The van der Waals surface area contributed by atoms with Crippen LogP contribution in [-0.4, -0.2) is 44.2 Å². The summed E-state index contributed by atoms with van der Waals surface area (Å²) < 4.78 is 10.3. The smallest absolute Gasteiger partial charge is 0.239 e. The molecule has 0 saturated carbocycles. The van der Waals surface area contributed by atoms with E-state index < -0.39 is 6.10 Å². The van der Waals surface area contributed by atoms with Crippen LogP contribution in [0.3, 0.4) is 0 Å². The number of benzene rings is 1. The van der Waals surface area contributed by atoms with Crippen LogP contribution in [0.25, 0.3) is 0 Å². The van der Waals surface area contributed by atoms with E-state index in [1.165, 1.54) is 14.2 Å². The number of nitrogens with one attached hydrogen (secondary N) is 2. The number of rotatable bonds is 10. The van der Waals surface area contributed by atoms with Gasteiger partial charge in [0.05, 0.1) is 26.9 Å². The average molecular weight is 352 g/mol. The van der Waals surface area contributed by atoms with Gasteiger partial charge >= 0.3 is 0 Å². The van der Waals surface area contributed by atoms with E-state index in [2.05, 4.69) is 10.6 Å². The minimum atomic E-state index is -0.953. The number of amides is 2. The molecule has 0 saturated heterocycles. The average Bonchev–Trinajstić information content (AvgIpc) is 2.61. The van der Waals surface area contributed by atoms with Gasteiger partial charge in [-0.15, -0.1) is 0 Å². The molecule has 1 aromatic rings. The summed E-state index contributed by atoms with van der Waals surface area (Å²) in [6.45, 7) is 3.96. The first-order valence-corrected chi connectivity index (χ1v) is 8.30. The second-order valence-electron chi connectivity index (χ2n) is 6.14. The van der Waals surface area contributed by atoms with Crippen LogP contribution in [-0.2, 0) is 9.59 Å². The fourth-order valence-electron chi connectivity index (χ4n) is 2.17. The molecule has 25 heavy (non-hydrogen) atoms. The number of hydrogen-bond acceptors (Lipinski definition) is 5. The first kappa shape index (κ1) is 20.8. The zero-order valence-electron chi connectivity index (χ0n) is 15.3. The van der Waals surface area contributed by atoms with Crippen molar-refractivity contribution in [2.45, 2.75) is 32.8 Å². The van der Waals surface area contributed by atoms with E-state index >= 15 is 0 Å². The summed E-state index contributed by atoms with van der Waals surface area (Å²) in [6.07, 6.45) is 0.224. The van der Waals surface area contributed by atoms with Crippen LogP contribution < -0.4 is 20.1 Å². The largest absolute Gasteiger partial charge is 0.497 e. The maximum absolute atomic E-state index is 11.8. The zero-order valence-corrected chi connectivity index (χ0v) is 15.3. The van der Waals surface area contributed by atoms with E-state index in [9.17, 15) is 14.7 Å². The van der Waals surface area contributed by atoms with E-state index in [1.807, 2.05) is 13.8 Å². The molecule has 0 aromatic heterocycles. The second-order valence-corrected chi connectivity index (χ2v) is 6.14. The highest BCUT2D eigenvalue weighted by molar-refractivity contribution is 5.84. The highest BCUT2D eigenvalue weighted by atomic mass is 16.5. The van der Waals surface area contributed by atoms with Crippen LogP contribution in [0.1, 0.15) is 38.4 Å². The fourth-order valence-corrected chi connectivity index (χ4v) is 2.17. The molecule has 1 aromatic carbocycles. The molecule has 0 aliphatic rings. The number of carbonyl (C=O) groups is 2. The molecule has 0 radical (unpaired) electrons. The predicted octanol–water partition coefficient (Wildman–Crippen LogP) is 1.41. The van der Waals surface area contributed by atoms with Crippen LogP contribution in [0.2, 0.25) is 0 Å². The molecule has 1 atom stereocenters. The van der Waals surface area contributed by atoms with E-state index in [0.717, 1.165) is 6.42 Å². The highest BCUT2D eigenvalue weighted by Gasteiger charge is 2.16. The number of ether oxygens (including phenoxy) is 2. The lowest BCUT2D eigenvalue weighted by Gasteiger charge is -2.16. The van der Waals surface area contributed by atoms with Crippen LogP contribution in [0.15, 0.2) is 18.2 Å². The summed E-state index contributed by atoms with van der Waals surface area (Å²) in [5, 5.41) is 15.4. The minimum Gasteiger partial charge on any atom is -0.497 e. The standard InChI is InChI=1S/C18H28N2O5/c1-12(2)5-8-17(22)20-11-18(23)19-10-15(21)14-9-13(24-3)6-7-16(14)25-4/h6-7,9,12,15,21H,5,8,10-11H2,1-4H3,(H,19,23)(H,20,22). The van der Waals surface area contributed by atoms with Crippen molar-refractivity contribution in [1.82, 2.24) is 10.6 Å². The SMILES string of the molecule is COc1ccc(OC)c(C(O)CNC(=O)CNC(=O)CCC(C)C)c1. The second kappa shape index (κ2) is 10.6. The lowest BCUT2D eigenvalue weighted by atomic mass is 10.1. The molecular formula is C18H28N2O5. The van der Waals surface area contributed by atoms with Crippen molar-refractivity contribution >= 4 is 11.8 Å². The maximum Gasteiger partial charge on any atom is 0.239 e. The molecular weight excluding hydrogens is 324 g/mol. The zero-order chi connectivity index (χ0) is 18.8. The van der Waals surface area contributed by atoms with Crippen LogP contribution >= 0.6 is 0 Å². The normalized spacial score (nSPS) is 11.8. The molecule has 0 aliphatic heterocycles. The van der Waals surface area contributed by atoms with Crippen LogP contribution in [0, 0.1) is 5.92 Å². The molecule has 1 rings (SSSR count). The molecule has 0 fully saturated rings. The Balaban J connectivity index is 2.46. The Labute approximate surface area is 148 Å². The summed E-state index contributed by atoms with van der Waals surface area (Å²) >= 11 is 0. The molecule has 1 unspecified atom stereocenters. The molecule has 0 bridgehead atoms. The summed E-state index contributed by atoms with van der Waals surface area (Å²) in [7, 11) is 3.03. The number of aliphatic hydroxyl groups is 1. The molecule has 0 heterocycles. The Morgan fingerprint density at radius 1 is 1.12 bits per heavy atom. The quantitative estimate of drug-likeness (QED) is 0.591. The minimum absolute atomic E-state index is 0.00419. The molecule has 0 spiro atoms. The topological polar surface area (TPSA) is 96.9 Å². The Morgan fingerprint density at radius 3 is 2.44 bits per heavy atom. The number of carbonyl (C=O) groups excluding carboxylic acids is 2. The van der Waals surface area contributed by atoms with Crippen molar-refractivity contribution in [2.75, 3.05) is 27.3 Å². The molecule has 7 heteroatoms. The molecule has 2 amide bonds. The van der Waals surface area contributed by atoms with Gasteiger partial charge in [-0.05, 0) is 30.5 Å². The predicted molar refractivity (Wildman–Crippen MR) is 94.6 cm³/mol. The molecule has 140 valence electrons. The van der Waals surface area contributed by atoms with Crippen molar-refractivity contribution in [3.63, 3.8) is 0 Å². The highest BCUT2D eigenvalue weighted by Crippen LogP contribution is 2.28. The summed E-state index contributed by atoms with van der Waals surface area (Å²) in [4.78, 5) is 23.4. The van der Waals surface area contributed by atoms with E-state index in [0.29, 0.717) is 29.4 Å². The van der Waals surface area contributed by atoms with Crippen molar-refractivity contribution in [3.05, 3.63) is 23.8 Å². The van der Waals surface area contributed by atoms with Crippen molar-refractivity contribution in [3.8, 4) is 11.5 Å². The van der Waals surface area contributed by atoms with E-state index in [4.69, 9.17) is 9.47 Å². The van der Waals surface area contributed by atoms with Gasteiger partial charge in [0.15, 0.2) is 0 Å². The van der Waals surface area contributed by atoms with Crippen molar-refractivity contribution in [2.24, 2.45) is 5.92 Å². The first-order chi connectivity index (χ1) is 11.9. The molecule has 7 nitrogen and oxygen atoms in total. The van der Waals surface area contributed by atoms with E-state index in [-0.39, 0.29) is 24.9 Å². The summed E-state index contributed by atoms with van der Waals surface area (Å²) in [6, 6.07) is 5.07. The van der Waals surface area contributed by atoms with Gasteiger partial charge in [-0.2, -0.15) is 0 Å². The maximum atomic E-state index is 11.8. The number of hydrogen-bond donors (Lipinski definition) is 3. The van der Waals surface area contributed by atoms with Crippen LogP contribution in [0.5, 0.6) is 11.5 Å². The van der Waals surface area contributed by atoms with E-state index in [1.54, 1.807) is 18.2 Å². The van der Waals surface area contributed by atoms with Gasteiger partial charge in [-0.1, -0.05) is 13.8 Å². The van der Waals surface area contributed by atoms with Gasteiger partial charge in [0.1, 0.15) is 11.5 Å². The summed E-state index contributed by atoms with van der Waals surface area (Å²) in [5.74, 6) is 1.01. The lowest BCUT2D eigenvalue weighted by Crippen LogP contribution is -2.38. The van der Waals surface area contributed by atoms with Crippen LogP contribution in [0.4, 0.5) is 0 Å². The summed E-state index contributed by atoms with van der Waals surface area (Å²) in [5.41, 5.74) is 0.517. The fraction of sp³-hybridized carbons (Fsp3) is 0.556. The van der Waals surface area contributed by atoms with Gasteiger partial charge in [0, 0.05) is 18.5 Å². The van der Waals surface area contributed by atoms with Gasteiger partial charge in [-0.3, -0.25) is 9.59 Å². The monoisotopic (exact) mass is 352 g/mol. The first-order valence-electron chi connectivity index (χ1n) is 8.30. The Bertz CT molecular complexity index is 575. The van der Waals surface area contributed by atoms with Gasteiger partial charge in [0.25, 0.3) is 0 Å². The molecule has 0 aliphatic carbocycles. The van der Waals surface area contributed by atoms with Crippen molar-refractivity contribution < 1.29 is 24.2 Å². The van der Waals surface area contributed by atoms with Gasteiger partial charge in [-0.25, -0.2) is 0 Å². The van der Waals surface area contributed by atoms with Crippen molar-refractivity contribution in [1.29, 1.82) is 0 Å². The third-order valence-corrected chi connectivity index (χ3v) is 3.68. The Kier molecular flexibility index (Phi) is 8.77.